The zero-order valence-corrected chi connectivity index (χ0v) is 11.9. The second-order valence-electron chi connectivity index (χ2n) is 4.44. The molecular weight excluding hydrogens is 244 g/mol. The Balaban J connectivity index is 2.72. The number of ether oxygens (including phenoxy) is 1. The van der Waals surface area contributed by atoms with Crippen LogP contribution in [0, 0.1) is 0 Å². The molecule has 106 valence electrons. The summed E-state index contributed by atoms with van der Waals surface area (Å²) in [7, 11) is 1.51. The van der Waals surface area contributed by atoms with Crippen LogP contribution in [0.25, 0.3) is 0 Å². The van der Waals surface area contributed by atoms with Gasteiger partial charge in [-0.25, -0.2) is 0 Å². The summed E-state index contributed by atoms with van der Waals surface area (Å²) in [6.07, 6.45) is 0. The number of aromatic hydroxyl groups is 1. The molecule has 0 fully saturated rings. The van der Waals surface area contributed by atoms with E-state index in [1.807, 2.05) is 20.8 Å². The van der Waals surface area contributed by atoms with Crippen molar-refractivity contribution in [2.24, 2.45) is 0 Å². The second-order valence-corrected chi connectivity index (χ2v) is 4.44. The van der Waals surface area contributed by atoms with Crippen LogP contribution in [0.5, 0.6) is 11.5 Å². The molecular formula is C14H22N2O3. The number of amides is 1. The van der Waals surface area contributed by atoms with E-state index < -0.39 is 0 Å². The Kier molecular flexibility index (Phi) is 5.63. The maximum atomic E-state index is 11.6. The first-order valence-corrected chi connectivity index (χ1v) is 6.40. The molecule has 0 aliphatic rings. The predicted octanol–water partition coefficient (Wildman–Crippen LogP) is 1.58. The zero-order chi connectivity index (χ0) is 14.4. The van der Waals surface area contributed by atoms with Crippen molar-refractivity contribution < 1.29 is 14.6 Å². The molecule has 2 atom stereocenters. The van der Waals surface area contributed by atoms with Crippen LogP contribution in [-0.4, -0.2) is 30.7 Å². The molecule has 0 heterocycles. The lowest BCUT2D eigenvalue weighted by Crippen LogP contribution is -2.43. The fraction of sp³-hybridized carbons (Fsp3) is 0.500. The molecule has 19 heavy (non-hydrogen) atoms. The maximum Gasteiger partial charge on any atom is 0.236 e. The number of phenolic OH excluding ortho intramolecular Hbond substituents is 1. The van der Waals surface area contributed by atoms with E-state index in [4.69, 9.17) is 4.74 Å². The number of carbonyl (C=O) groups is 1. The van der Waals surface area contributed by atoms with Gasteiger partial charge in [0.15, 0.2) is 11.5 Å². The van der Waals surface area contributed by atoms with E-state index >= 15 is 0 Å². The Morgan fingerprint density at radius 3 is 2.68 bits per heavy atom. The summed E-state index contributed by atoms with van der Waals surface area (Å²) in [6, 6.07) is 4.85. The number of likely N-dealkylation sites (N-methyl/N-ethyl adjacent to an activating group) is 1. The molecule has 0 spiro atoms. The minimum atomic E-state index is -0.283. The smallest absolute Gasteiger partial charge is 0.236 e. The van der Waals surface area contributed by atoms with E-state index in [1.54, 1.807) is 18.2 Å². The highest BCUT2D eigenvalue weighted by molar-refractivity contribution is 5.81. The first-order valence-electron chi connectivity index (χ1n) is 6.40. The summed E-state index contributed by atoms with van der Waals surface area (Å²) in [5, 5.41) is 15.5. The third-order valence-corrected chi connectivity index (χ3v) is 2.95. The number of methoxy groups -OCH3 is 1. The molecule has 1 aromatic carbocycles. The van der Waals surface area contributed by atoms with Gasteiger partial charge in [-0.05, 0) is 38.5 Å². The minimum absolute atomic E-state index is 0.0212. The highest BCUT2D eigenvalue weighted by atomic mass is 16.5. The number of rotatable bonds is 6. The largest absolute Gasteiger partial charge is 0.504 e. The summed E-state index contributed by atoms with van der Waals surface area (Å²) in [6.45, 7) is 6.28. The van der Waals surface area contributed by atoms with Gasteiger partial charge in [0.25, 0.3) is 0 Å². The topological polar surface area (TPSA) is 70.6 Å². The van der Waals surface area contributed by atoms with Crippen LogP contribution in [-0.2, 0) is 4.79 Å². The van der Waals surface area contributed by atoms with Crippen LogP contribution in [0.2, 0.25) is 0 Å². The summed E-state index contributed by atoms with van der Waals surface area (Å²) in [5.41, 5.74) is 0.950. The normalized spacial score (nSPS) is 13.7. The first kappa shape index (κ1) is 15.3. The lowest BCUT2D eigenvalue weighted by molar-refractivity contribution is -0.122. The molecule has 1 aromatic rings. The van der Waals surface area contributed by atoms with Crippen LogP contribution >= 0.6 is 0 Å². The lowest BCUT2D eigenvalue weighted by Gasteiger charge is -2.20. The van der Waals surface area contributed by atoms with Gasteiger partial charge < -0.3 is 15.2 Å². The maximum absolute atomic E-state index is 11.6. The van der Waals surface area contributed by atoms with E-state index in [-0.39, 0.29) is 23.7 Å². The van der Waals surface area contributed by atoms with E-state index in [2.05, 4.69) is 10.6 Å². The lowest BCUT2D eigenvalue weighted by atomic mass is 10.1. The van der Waals surface area contributed by atoms with Crippen molar-refractivity contribution in [2.45, 2.75) is 32.9 Å². The second kappa shape index (κ2) is 6.99. The van der Waals surface area contributed by atoms with Crippen LogP contribution in [0.15, 0.2) is 18.2 Å². The van der Waals surface area contributed by atoms with Crippen LogP contribution in [0.1, 0.15) is 32.4 Å². The van der Waals surface area contributed by atoms with E-state index in [0.717, 1.165) is 5.56 Å². The highest BCUT2D eigenvalue weighted by Gasteiger charge is 2.16. The molecule has 5 heteroatoms. The molecule has 0 radical (unpaired) electrons. The molecule has 0 aliphatic heterocycles. The third kappa shape index (κ3) is 4.13. The summed E-state index contributed by atoms with van der Waals surface area (Å²) >= 11 is 0. The first-order chi connectivity index (χ1) is 8.99. The Morgan fingerprint density at radius 2 is 2.11 bits per heavy atom. The van der Waals surface area contributed by atoms with Gasteiger partial charge in [-0.15, -0.1) is 0 Å². The van der Waals surface area contributed by atoms with Gasteiger partial charge in [0.05, 0.1) is 13.2 Å². The number of carbonyl (C=O) groups excluding carboxylic acids is 1. The number of nitrogens with one attached hydrogen (secondary N) is 2. The molecule has 1 rings (SSSR count). The molecule has 3 N–H and O–H groups in total. The molecule has 0 saturated carbocycles. The molecule has 5 nitrogen and oxygen atoms in total. The molecule has 0 saturated heterocycles. The van der Waals surface area contributed by atoms with E-state index in [9.17, 15) is 9.90 Å². The Morgan fingerprint density at radius 1 is 1.42 bits per heavy atom. The van der Waals surface area contributed by atoms with Gasteiger partial charge in [0, 0.05) is 12.6 Å². The van der Waals surface area contributed by atoms with Crippen LogP contribution in [0.3, 0.4) is 0 Å². The predicted molar refractivity (Wildman–Crippen MR) is 74.4 cm³/mol. The number of phenols is 1. The summed E-state index contributed by atoms with van der Waals surface area (Å²) < 4.78 is 5.07. The van der Waals surface area contributed by atoms with Gasteiger partial charge in [-0.1, -0.05) is 6.07 Å². The van der Waals surface area contributed by atoms with Crippen molar-refractivity contribution in [3.63, 3.8) is 0 Å². The Hall–Kier alpha value is -1.75. The van der Waals surface area contributed by atoms with Crippen molar-refractivity contribution in [3.8, 4) is 11.5 Å². The number of hydrogen-bond acceptors (Lipinski definition) is 4. The number of hydrogen-bond donors (Lipinski definition) is 3. The zero-order valence-electron chi connectivity index (χ0n) is 11.9. The highest BCUT2D eigenvalue weighted by Crippen LogP contribution is 2.28. The van der Waals surface area contributed by atoms with Crippen molar-refractivity contribution in [2.75, 3.05) is 13.7 Å². The monoisotopic (exact) mass is 266 g/mol. The van der Waals surface area contributed by atoms with E-state index in [1.165, 1.54) is 7.11 Å². The van der Waals surface area contributed by atoms with Gasteiger partial charge in [-0.2, -0.15) is 0 Å². The SMILES string of the molecule is CCNC(=O)C(C)NC(C)c1ccc(O)c(OC)c1. The molecule has 0 aliphatic carbocycles. The van der Waals surface area contributed by atoms with Crippen molar-refractivity contribution in [3.05, 3.63) is 23.8 Å². The summed E-state index contributed by atoms with van der Waals surface area (Å²) in [4.78, 5) is 11.6. The minimum Gasteiger partial charge on any atom is -0.504 e. The average Bonchev–Trinajstić information content (AvgIpc) is 2.39. The Bertz CT molecular complexity index is 435. The van der Waals surface area contributed by atoms with E-state index in [0.29, 0.717) is 12.3 Å². The quantitative estimate of drug-likeness (QED) is 0.731. The Labute approximate surface area is 114 Å². The average molecular weight is 266 g/mol. The van der Waals surface area contributed by atoms with Gasteiger partial charge in [0.2, 0.25) is 5.91 Å². The third-order valence-electron chi connectivity index (χ3n) is 2.95. The number of benzene rings is 1. The molecule has 1 amide bonds. The van der Waals surface area contributed by atoms with Crippen molar-refractivity contribution >= 4 is 5.91 Å². The van der Waals surface area contributed by atoms with Crippen LogP contribution in [0.4, 0.5) is 0 Å². The van der Waals surface area contributed by atoms with Gasteiger partial charge in [-0.3, -0.25) is 10.1 Å². The molecule has 0 bridgehead atoms. The fourth-order valence-electron chi connectivity index (χ4n) is 1.84. The van der Waals surface area contributed by atoms with Crippen LogP contribution < -0.4 is 15.4 Å². The standard InChI is InChI=1S/C14H22N2O3/c1-5-15-14(18)10(3)16-9(2)11-6-7-12(17)13(8-11)19-4/h6-10,16-17H,5H2,1-4H3,(H,15,18). The summed E-state index contributed by atoms with van der Waals surface area (Å²) in [5.74, 6) is 0.507. The van der Waals surface area contributed by atoms with Gasteiger partial charge in [0.1, 0.15) is 0 Å². The van der Waals surface area contributed by atoms with Crippen molar-refractivity contribution in [1.82, 2.24) is 10.6 Å². The van der Waals surface area contributed by atoms with Crippen molar-refractivity contribution in [1.29, 1.82) is 0 Å². The molecule has 2 unspecified atom stereocenters. The molecule has 0 aromatic heterocycles. The fourth-order valence-corrected chi connectivity index (χ4v) is 1.84. The van der Waals surface area contributed by atoms with Gasteiger partial charge >= 0.3 is 0 Å².